The number of hydrogen-bond donors (Lipinski definition) is 3. The number of nitrogens with two attached hydrogens (primary N) is 1. The van der Waals surface area contributed by atoms with E-state index in [0.29, 0.717) is 5.92 Å². The summed E-state index contributed by atoms with van der Waals surface area (Å²) in [5.74, 6) is 1.34. The summed E-state index contributed by atoms with van der Waals surface area (Å²) in [7, 11) is 0. The lowest BCUT2D eigenvalue weighted by atomic mass is 9.80. The molecule has 0 amide bonds. The van der Waals surface area contributed by atoms with Gasteiger partial charge in [-0.2, -0.15) is 4.98 Å². The van der Waals surface area contributed by atoms with E-state index in [1.54, 1.807) is 6.20 Å². The van der Waals surface area contributed by atoms with Gasteiger partial charge in [0.15, 0.2) is 0 Å². The van der Waals surface area contributed by atoms with Crippen LogP contribution in [0.5, 0.6) is 0 Å². The number of anilines is 2. The third-order valence-corrected chi connectivity index (χ3v) is 3.75. The molecule has 2 heterocycles. The minimum atomic E-state index is -0.197. The standard InChI is InChI=1S/C14H20N6O/c15-14-18-12(10-6-11(21)7-10)8-13(19-14)17-2-1-4-20-5-3-16-9-20/h3,5,8-11,21H,1-2,4,6-7H2,(H3,15,17,18,19). The lowest BCUT2D eigenvalue weighted by Gasteiger charge is -2.30. The highest BCUT2D eigenvalue weighted by molar-refractivity contribution is 5.41. The minimum Gasteiger partial charge on any atom is -0.393 e. The Hall–Kier alpha value is -2.15. The van der Waals surface area contributed by atoms with Crippen molar-refractivity contribution < 1.29 is 5.11 Å². The van der Waals surface area contributed by atoms with Crippen LogP contribution in [0.4, 0.5) is 11.8 Å². The zero-order valence-electron chi connectivity index (χ0n) is 11.8. The van der Waals surface area contributed by atoms with E-state index in [1.807, 2.05) is 23.2 Å². The molecule has 0 unspecified atom stereocenters. The molecule has 0 bridgehead atoms. The molecule has 2 aromatic rings. The van der Waals surface area contributed by atoms with E-state index in [4.69, 9.17) is 5.73 Å². The monoisotopic (exact) mass is 288 g/mol. The van der Waals surface area contributed by atoms with Crippen molar-refractivity contribution in [3.8, 4) is 0 Å². The molecule has 0 atom stereocenters. The number of aromatic nitrogens is 4. The quantitative estimate of drug-likeness (QED) is 0.685. The first-order chi connectivity index (χ1) is 10.2. The van der Waals surface area contributed by atoms with Crippen LogP contribution in [0.1, 0.15) is 30.9 Å². The van der Waals surface area contributed by atoms with E-state index in [0.717, 1.165) is 43.9 Å². The van der Waals surface area contributed by atoms with Gasteiger partial charge in [0.2, 0.25) is 5.95 Å². The van der Waals surface area contributed by atoms with Crippen molar-refractivity contribution in [3.05, 3.63) is 30.5 Å². The molecule has 21 heavy (non-hydrogen) atoms. The maximum absolute atomic E-state index is 9.38. The van der Waals surface area contributed by atoms with E-state index in [9.17, 15) is 5.11 Å². The fraction of sp³-hybridized carbons (Fsp3) is 0.500. The lowest BCUT2D eigenvalue weighted by Crippen LogP contribution is -2.27. The fourth-order valence-corrected chi connectivity index (χ4v) is 2.51. The molecule has 2 aromatic heterocycles. The van der Waals surface area contributed by atoms with Gasteiger partial charge in [0.1, 0.15) is 5.82 Å². The molecule has 7 heteroatoms. The van der Waals surface area contributed by atoms with Crippen molar-refractivity contribution in [3.63, 3.8) is 0 Å². The van der Waals surface area contributed by atoms with Gasteiger partial charge in [0, 0.05) is 37.5 Å². The minimum absolute atomic E-state index is 0.197. The van der Waals surface area contributed by atoms with E-state index in [-0.39, 0.29) is 12.1 Å². The second-order valence-electron chi connectivity index (χ2n) is 5.44. The predicted molar refractivity (Wildman–Crippen MR) is 79.8 cm³/mol. The van der Waals surface area contributed by atoms with Crippen LogP contribution in [0, 0.1) is 0 Å². The summed E-state index contributed by atoms with van der Waals surface area (Å²) in [6.07, 6.45) is 7.83. The average molecular weight is 288 g/mol. The average Bonchev–Trinajstić information content (AvgIpc) is 2.93. The number of aryl methyl sites for hydroxylation is 1. The second kappa shape index (κ2) is 6.09. The number of nitrogens with one attached hydrogen (secondary N) is 1. The Labute approximate surface area is 123 Å². The van der Waals surface area contributed by atoms with Crippen LogP contribution < -0.4 is 11.1 Å². The van der Waals surface area contributed by atoms with Crippen molar-refractivity contribution in [2.75, 3.05) is 17.6 Å². The molecule has 0 spiro atoms. The van der Waals surface area contributed by atoms with Gasteiger partial charge in [-0.25, -0.2) is 9.97 Å². The highest BCUT2D eigenvalue weighted by Gasteiger charge is 2.30. The van der Waals surface area contributed by atoms with Crippen LogP contribution in [0.25, 0.3) is 0 Å². The summed E-state index contributed by atoms with van der Waals surface area (Å²) in [6, 6.07) is 1.93. The number of rotatable bonds is 6. The first kappa shape index (κ1) is 13.8. The predicted octanol–water partition coefficient (Wildman–Crippen LogP) is 0.996. The van der Waals surface area contributed by atoms with Crippen LogP contribution in [0.15, 0.2) is 24.8 Å². The van der Waals surface area contributed by atoms with Gasteiger partial charge in [-0.15, -0.1) is 0 Å². The topological polar surface area (TPSA) is 102 Å². The van der Waals surface area contributed by atoms with Crippen molar-refractivity contribution in [2.24, 2.45) is 0 Å². The first-order valence-corrected chi connectivity index (χ1v) is 7.23. The van der Waals surface area contributed by atoms with Gasteiger partial charge in [-0.3, -0.25) is 0 Å². The molecule has 1 fully saturated rings. The first-order valence-electron chi connectivity index (χ1n) is 7.23. The van der Waals surface area contributed by atoms with Gasteiger partial charge >= 0.3 is 0 Å². The third kappa shape index (κ3) is 3.49. The highest BCUT2D eigenvalue weighted by atomic mass is 16.3. The number of hydrogen-bond acceptors (Lipinski definition) is 6. The summed E-state index contributed by atoms with van der Waals surface area (Å²) in [5.41, 5.74) is 6.68. The van der Waals surface area contributed by atoms with Gasteiger partial charge in [0.25, 0.3) is 0 Å². The summed E-state index contributed by atoms with van der Waals surface area (Å²) >= 11 is 0. The maximum Gasteiger partial charge on any atom is 0.222 e. The fourth-order valence-electron chi connectivity index (χ4n) is 2.51. The van der Waals surface area contributed by atoms with Crippen molar-refractivity contribution >= 4 is 11.8 Å². The molecule has 1 aliphatic rings. The van der Waals surface area contributed by atoms with Gasteiger partial charge in [-0.1, -0.05) is 0 Å². The number of nitrogens with zero attached hydrogens (tertiary/aromatic N) is 4. The van der Waals surface area contributed by atoms with Crippen molar-refractivity contribution in [2.45, 2.75) is 37.8 Å². The van der Waals surface area contributed by atoms with E-state index in [1.165, 1.54) is 0 Å². The molecule has 1 saturated carbocycles. The molecule has 4 N–H and O–H groups in total. The molecule has 3 rings (SSSR count). The summed E-state index contributed by atoms with van der Waals surface area (Å²) < 4.78 is 2.04. The SMILES string of the molecule is Nc1nc(NCCCn2ccnc2)cc(C2CC(O)C2)n1. The van der Waals surface area contributed by atoms with Crippen LogP contribution in [-0.2, 0) is 6.54 Å². The van der Waals surface area contributed by atoms with Crippen LogP contribution >= 0.6 is 0 Å². The lowest BCUT2D eigenvalue weighted by molar-refractivity contribution is 0.0732. The van der Waals surface area contributed by atoms with Crippen LogP contribution in [-0.4, -0.2) is 37.3 Å². The maximum atomic E-state index is 9.38. The number of imidazole rings is 1. The molecule has 112 valence electrons. The smallest absolute Gasteiger partial charge is 0.222 e. The van der Waals surface area contributed by atoms with Crippen molar-refractivity contribution in [1.29, 1.82) is 0 Å². The van der Waals surface area contributed by atoms with Crippen LogP contribution in [0.2, 0.25) is 0 Å². The normalized spacial score (nSPS) is 21.0. The highest BCUT2D eigenvalue weighted by Crippen LogP contribution is 2.36. The van der Waals surface area contributed by atoms with E-state index < -0.39 is 0 Å². The largest absolute Gasteiger partial charge is 0.393 e. The Morgan fingerprint density at radius 2 is 2.24 bits per heavy atom. The molecule has 7 nitrogen and oxygen atoms in total. The molecule has 1 aliphatic carbocycles. The van der Waals surface area contributed by atoms with E-state index in [2.05, 4.69) is 20.3 Å². The van der Waals surface area contributed by atoms with Gasteiger partial charge < -0.3 is 20.7 Å². The summed E-state index contributed by atoms with van der Waals surface area (Å²) in [6.45, 7) is 1.72. The molecular weight excluding hydrogens is 268 g/mol. The zero-order chi connectivity index (χ0) is 14.7. The molecular formula is C14H20N6O. The molecule has 0 saturated heterocycles. The Balaban J connectivity index is 1.52. The summed E-state index contributed by atoms with van der Waals surface area (Å²) in [5, 5.41) is 12.7. The third-order valence-electron chi connectivity index (χ3n) is 3.75. The van der Waals surface area contributed by atoms with Crippen LogP contribution in [0.3, 0.4) is 0 Å². The molecule has 0 aromatic carbocycles. The molecule has 0 radical (unpaired) electrons. The zero-order valence-corrected chi connectivity index (χ0v) is 11.8. The molecule has 0 aliphatic heterocycles. The Bertz CT molecular complexity index is 579. The Kier molecular flexibility index (Phi) is 4.01. The number of aliphatic hydroxyl groups excluding tert-OH is 1. The summed E-state index contributed by atoms with van der Waals surface area (Å²) in [4.78, 5) is 12.5. The Morgan fingerprint density at radius 3 is 2.95 bits per heavy atom. The Morgan fingerprint density at radius 1 is 1.38 bits per heavy atom. The number of nitrogen functional groups attached to an aromatic ring is 1. The van der Waals surface area contributed by atoms with Gasteiger partial charge in [0.05, 0.1) is 18.1 Å². The second-order valence-corrected chi connectivity index (χ2v) is 5.44. The van der Waals surface area contributed by atoms with E-state index >= 15 is 0 Å². The van der Waals surface area contributed by atoms with Crippen molar-refractivity contribution in [1.82, 2.24) is 19.5 Å². The van der Waals surface area contributed by atoms with Gasteiger partial charge in [-0.05, 0) is 19.3 Å². The number of aliphatic hydroxyl groups is 1.